The number of amides is 1. The summed E-state index contributed by atoms with van der Waals surface area (Å²) in [5, 5.41) is 7.29. The second-order valence-corrected chi connectivity index (χ2v) is 10.6. The molecule has 6 heterocycles. The first-order chi connectivity index (χ1) is 19.1. The number of pyridine rings is 1. The molecule has 1 aliphatic carbocycles. The molecule has 0 saturated heterocycles. The number of hydrogen-bond donors (Lipinski definition) is 2. The van der Waals surface area contributed by atoms with Crippen molar-refractivity contribution in [3.8, 4) is 11.6 Å². The smallest absolute Gasteiger partial charge is 0.278 e. The van der Waals surface area contributed by atoms with Crippen molar-refractivity contribution in [2.24, 2.45) is 0 Å². The average molecular weight is 523 g/mol. The van der Waals surface area contributed by atoms with E-state index in [1.54, 1.807) is 32.6 Å². The van der Waals surface area contributed by atoms with Crippen molar-refractivity contribution >= 4 is 34.4 Å². The molecule has 3 aromatic heterocycles. The van der Waals surface area contributed by atoms with Gasteiger partial charge in [-0.05, 0) is 54.7 Å². The number of ether oxygens (including phenoxy) is 1. The summed E-state index contributed by atoms with van der Waals surface area (Å²) < 4.78 is 8.93. The van der Waals surface area contributed by atoms with Crippen molar-refractivity contribution in [1.29, 1.82) is 0 Å². The van der Waals surface area contributed by atoms with Gasteiger partial charge >= 0.3 is 0 Å². The van der Waals surface area contributed by atoms with Gasteiger partial charge in [0.2, 0.25) is 5.95 Å². The number of fused-ring (bicyclic) bond motifs is 7. The fourth-order valence-corrected chi connectivity index (χ4v) is 5.96. The molecule has 2 N–H and O–H groups in total. The molecule has 1 amide bonds. The fourth-order valence-electron chi connectivity index (χ4n) is 5.96. The third kappa shape index (κ3) is 3.49. The van der Waals surface area contributed by atoms with E-state index in [0.29, 0.717) is 53.9 Å². The molecular formula is C28H26N8O3. The van der Waals surface area contributed by atoms with Crippen LogP contribution in [0, 0.1) is 0 Å². The second-order valence-electron chi connectivity index (χ2n) is 10.6. The summed E-state index contributed by atoms with van der Waals surface area (Å²) >= 11 is 0. The molecule has 4 aliphatic rings. The topological polar surface area (TPSA) is 119 Å². The van der Waals surface area contributed by atoms with Crippen molar-refractivity contribution in [1.82, 2.24) is 29.6 Å². The molecule has 0 atom stereocenters. The number of carbonyl (C=O) groups excluding carboxylic acids is 1. The minimum atomic E-state index is -0.207. The molecule has 8 rings (SSSR count). The summed E-state index contributed by atoms with van der Waals surface area (Å²) in [7, 11) is 0. The van der Waals surface area contributed by atoms with Crippen molar-refractivity contribution in [3.63, 3.8) is 0 Å². The zero-order chi connectivity index (χ0) is 26.1. The van der Waals surface area contributed by atoms with Crippen LogP contribution in [0.25, 0.3) is 16.9 Å². The third-order valence-corrected chi connectivity index (χ3v) is 8.16. The molecule has 2 bridgehead atoms. The Bertz CT molecular complexity index is 1770. The van der Waals surface area contributed by atoms with Crippen LogP contribution in [0.5, 0.6) is 5.75 Å². The van der Waals surface area contributed by atoms with E-state index < -0.39 is 0 Å². The molecule has 11 heteroatoms. The van der Waals surface area contributed by atoms with E-state index >= 15 is 0 Å². The Hall–Kier alpha value is -4.51. The van der Waals surface area contributed by atoms with Crippen molar-refractivity contribution in [3.05, 3.63) is 70.2 Å². The van der Waals surface area contributed by atoms with Crippen LogP contribution in [0.3, 0.4) is 0 Å². The highest BCUT2D eigenvalue weighted by Crippen LogP contribution is 2.51. The Labute approximate surface area is 223 Å². The molecule has 4 aromatic rings. The van der Waals surface area contributed by atoms with Crippen LogP contribution < -0.4 is 25.8 Å². The van der Waals surface area contributed by atoms with Gasteiger partial charge in [-0.15, -0.1) is 0 Å². The molecular weight excluding hydrogens is 496 g/mol. The van der Waals surface area contributed by atoms with Crippen molar-refractivity contribution in [2.75, 3.05) is 29.9 Å². The Morgan fingerprint density at radius 3 is 2.90 bits per heavy atom. The van der Waals surface area contributed by atoms with E-state index in [-0.39, 0.29) is 23.5 Å². The number of allylic oxidation sites excluding steroid dienone is 1. The summed E-state index contributed by atoms with van der Waals surface area (Å²) in [5.41, 5.74) is 4.14. The number of nitrogens with one attached hydrogen (secondary N) is 2. The quantitative estimate of drug-likeness (QED) is 0.386. The molecule has 1 saturated carbocycles. The van der Waals surface area contributed by atoms with Crippen LogP contribution in [0.4, 0.5) is 17.5 Å². The predicted octanol–water partition coefficient (Wildman–Crippen LogP) is 2.54. The normalized spacial score (nSPS) is 19.6. The summed E-state index contributed by atoms with van der Waals surface area (Å²) in [6.45, 7) is 2.71. The lowest BCUT2D eigenvalue weighted by Gasteiger charge is -2.28. The van der Waals surface area contributed by atoms with Crippen molar-refractivity contribution in [2.45, 2.75) is 37.8 Å². The van der Waals surface area contributed by atoms with E-state index in [1.165, 1.54) is 24.0 Å². The first kappa shape index (κ1) is 22.5. The number of carbonyl (C=O) groups is 1. The highest BCUT2D eigenvalue weighted by molar-refractivity contribution is 5.96. The Balaban J connectivity index is 1.25. The lowest BCUT2D eigenvalue weighted by molar-refractivity contribution is -0.121. The molecule has 3 aliphatic heterocycles. The SMILES string of the molecule is O=C1COc2ccc3nc2N1CC/C=C/Cn1c(=O)c2cnc(Nc4ccc5c(c4)C4(CC4)CNC5)nc2n1-3. The lowest BCUT2D eigenvalue weighted by atomic mass is 9.88. The summed E-state index contributed by atoms with van der Waals surface area (Å²) in [4.78, 5) is 41.8. The molecule has 196 valence electrons. The van der Waals surface area contributed by atoms with Gasteiger partial charge in [0.15, 0.2) is 29.6 Å². The number of benzene rings is 1. The lowest BCUT2D eigenvalue weighted by Crippen LogP contribution is -2.40. The second kappa shape index (κ2) is 8.24. The van der Waals surface area contributed by atoms with E-state index in [1.807, 2.05) is 18.2 Å². The minimum Gasteiger partial charge on any atom is -0.480 e. The van der Waals surface area contributed by atoms with Gasteiger partial charge in [-0.1, -0.05) is 18.2 Å². The minimum absolute atomic E-state index is 0.0164. The Morgan fingerprint density at radius 1 is 1.08 bits per heavy atom. The number of nitrogens with zero attached hydrogens (tertiary/aromatic N) is 6. The van der Waals surface area contributed by atoms with Crippen LogP contribution in [0.15, 0.2) is 53.5 Å². The maximum Gasteiger partial charge on any atom is 0.278 e. The largest absolute Gasteiger partial charge is 0.480 e. The van der Waals surface area contributed by atoms with E-state index in [9.17, 15) is 9.59 Å². The van der Waals surface area contributed by atoms with E-state index in [0.717, 1.165) is 18.8 Å². The maximum atomic E-state index is 13.5. The van der Waals surface area contributed by atoms with Gasteiger partial charge < -0.3 is 15.4 Å². The highest BCUT2D eigenvalue weighted by atomic mass is 16.5. The van der Waals surface area contributed by atoms with Gasteiger partial charge in [0.1, 0.15) is 5.39 Å². The van der Waals surface area contributed by atoms with Crippen LogP contribution in [-0.2, 0) is 23.3 Å². The molecule has 1 spiro atoms. The van der Waals surface area contributed by atoms with Crippen molar-refractivity contribution < 1.29 is 9.53 Å². The van der Waals surface area contributed by atoms with Crippen LogP contribution in [-0.4, -0.2) is 49.9 Å². The standard InChI is InChI=1S/C28H26N8O3/c37-23-15-39-21-6-7-22-32-25(21)34(23)10-2-1-3-11-35-26(38)19-14-30-27(33-24(19)36(22)35)31-18-5-4-17-13-29-16-28(8-9-28)20(17)12-18/h1,3-7,12,14,29H,2,8-11,13,15-16H2,(H,30,31,33)/b3-1+. The summed E-state index contributed by atoms with van der Waals surface area (Å²) in [6.07, 6.45) is 8.51. The molecule has 1 fully saturated rings. The van der Waals surface area contributed by atoms with E-state index in [4.69, 9.17) is 14.7 Å². The number of anilines is 3. The maximum absolute atomic E-state index is 13.5. The number of hydrogen-bond acceptors (Lipinski definition) is 8. The van der Waals surface area contributed by atoms with Crippen LogP contribution in [0.2, 0.25) is 0 Å². The molecule has 1 aromatic carbocycles. The van der Waals surface area contributed by atoms with Gasteiger partial charge in [0.05, 0.1) is 6.54 Å². The zero-order valence-corrected chi connectivity index (χ0v) is 21.2. The monoisotopic (exact) mass is 522 g/mol. The first-order valence-electron chi connectivity index (χ1n) is 13.3. The number of rotatable bonds is 2. The van der Waals surface area contributed by atoms with Gasteiger partial charge in [-0.2, -0.15) is 4.98 Å². The van der Waals surface area contributed by atoms with Gasteiger partial charge in [0, 0.05) is 36.9 Å². The Morgan fingerprint density at radius 2 is 2.00 bits per heavy atom. The fraction of sp³-hybridized carbons (Fsp3) is 0.321. The van der Waals surface area contributed by atoms with Gasteiger partial charge in [-0.25, -0.2) is 19.3 Å². The summed E-state index contributed by atoms with van der Waals surface area (Å²) in [6, 6.07) is 10.00. The molecule has 0 radical (unpaired) electrons. The third-order valence-electron chi connectivity index (χ3n) is 8.16. The van der Waals surface area contributed by atoms with Gasteiger partial charge in [-0.3, -0.25) is 14.5 Å². The molecule has 39 heavy (non-hydrogen) atoms. The molecule has 0 unspecified atom stereocenters. The van der Waals surface area contributed by atoms with Crippen LogP contribution >= 0.6 is 0 Å². The first-order valence-corrected chi connectivity index (χ1v) is 13.3. The van der Waals surface area contributed by atoms with Gasteiger partial charge in [0.25, 0.3) is 11.5 Å². The summed E-state index contributed by atoms with van der Waals surface area (Å²) in [5.74, 6) is 1.72. The zero-order valence-electron chi connectivity index (χ0n) is 21.2. The Kier molecular flexibility index (Phi) is 4.75. The number of aromatic nitrogens is 5. The predicted molar refractivity (Wildman–Crippen MR) is 145 cm³/mol. The van der Waals surface area contributed by atoms with Crippen LogP contribution in [0.1, 0.15) is 30.4 Å². The average Bonchev–Trinajstić information content (AvgIpc) is 3.67. The van der Waals surface area contributed by atoms with E-state index in [2.05, 4.69) is 27.8 Å². The highest BCUT2D eigenvalue weighted by Gasteiger charge is 2.46. The molecule has 11 nitrogen and oxygen atoms in total.